The van der Waals surface area contributed by atoms with Gasteiger partial charge in [-0.3, -0.25) is 9.69 Å². The topological polar surface area (TPSA) is 75.7 Å². The van der Waals surface area contributed by atoms with Crippen molar-refractivity contribution in [3.63, 3.8) is 0 Å². The maximum absolute atomic E-state index is 12.2. The van der Waals surface area contributed by atoms with Crippen molar-refractivity contribution in [2.45, 2.75) is 12.5 Å². The molecule has 1 amide bonds. The highest BCUT2D eigenvalue weighted by molar-refractivity contribution is 7.91. The molecule has 0 saturated carbocycles. The number of ether oxygens (including phenoxy) is 1. The van der Waals surface area contributed by atoms with Gasteiger partial charge in [0.15, 0.2) is 9.84 Å². The van der Waals surface area contributed by atoms with Gasteiger partial charge in [-0.25, -0.2) is 8.42 Å². The van der Waals surface area contributed by atoms with Gasteiger partial charge in [0.2, 0.25) is 5.91 Å². The van der Waals surface area contributed by atoms with Crippen LogP contribution in [-0.2, 0) is 14.6 Å². The number of halogens is 1. The van der Waals surface area contributed by atoms with Crippen LogP contribution in [0.1, 0.15) is 6.42 Å². The summed E-state index contributed by atoms with van der Waals surface area (Å²) >= 11 is 6.07. The first-order valence-corrected chi connectivity index (χ1v) is 10.8. The molecule has 0 bridgehead atoms. The Morgan fingerprint density at radius 2 is 1.93 bits per heavy atom. The Bertz CT molecular complexity index is 916. The summed E-state index contributed by atoms with van der Waals surface area (Å²) in [5.74, 6) is 1.28. The third kappa shape index (κ3) is 5.45. The lowest BCUT2D eigenvalue weighted by Gasteiger charge is -2.22. The van der Waals surface area contributed by atoms with E-state index in [4.69, 9.17) is 16.3 Å². The fourth-order valence-corrected chi connectivity index (χ4v) is 4.92. The van der Waals surface area contributed by atoms with Crippen LogP contribution in [0.3, 0.4) is 0 Å². The zero-order valence-corrected chi connectivity index (χ0v) is 16.5. The van der Waals surface area contributed by atoms with Crippen molar-refractivity contribution in [1.82, 2.24) is 4.90 Å². The quantitative estimate of drug-likeness (QED) is 0.794. The smallest absolute Gasteiger partial charge is 0.238 e. The first-order valence-electron chi connectivity index (χ1n) is 8.55. The maximum Gasteiger partial charge on any atom is 0.238 e. The zero-order chi connectivity index (χ0) is 19.4. The molecule has 1 fully saturated rings. The van der Waals surface area contributed by atoms with Crippen molar-refractivity contribution >= 4 is 33.0 Å². The second-order valence-electron chi connectivity index (χ2n) is 6.58. The normalized spacial score (nSPS) is 18.4. The molecule has 1 saturated heterocycles. The van der Waals surface area contributed by atoms with E-state index in [1.807, 2.05) is 12.1 Å². The van der Waals surface area contributed by atoms with Gasteiger partial charge in [-0.05, 0) is 49.9 Å². The third-order valence-electron chi connectivity index (χ3n) is 4.43. The molecule has 2 aromatic carbocycles. The lowest BCUT2D eigenvalue weighted by molar-refractivity contribution is -0.117. The van der Waals surface area contributed by atoms with Crippen LogP contribution in [0.2, 0.25) is 5.02 Å². The van der Waals surface area contributed by atoms with Crippen LogP contribution in [0.4, 0.5) is 5.69 Å². The van der Waals surface area contributed by atoms with E-state index in [1.165, 1.54) is 0 Å². The number of hydrogen-bond donors (Lipinski definition) is 1. The molecule has 0 radical (unpaired) electrons. The van der Waals surface area contributed by atoms with Gasteiger partial charge in [0, 0.05) is 11.7 Å². The Hall–Kier alpha value is -2.09. The van der Waals surface area contributed by atoms with Gasteiger partial charge in [-0.2, -0.15) is 0 Å². The Labute approximate surface area is 164 Å². The summed E-state index contributed by atoms with van der Waals surface area (Å²) in [4.78, 5) is 14.0. The number of rotatable bonds is 6. The number of benzene rings is 2. The number of sulfone groups is 1. The van der Waals surface area contributed by atoms with E-state index in [0.29, 0.717) is 28.6 Å². The fourth-order valence-electron chi connectivity index (χ4n) is 2.94. The summed E-state index contributed by atoms with van der Waals surface area (Å²) in [7, 11) is -1.20. The highest BCUT2D eigenvalue weighted by Crippen LogP contribution is 2.29. The van der Waals surface area contributed by atoms with E-state index in [-0.39, 0.29) is 30.0 Å². The minimum absolute atomic E-state index is 0.104. The molecule has 0 spiro atoms. The minimum atomic E-state index is -2.97. The molecular weight excluding hydrogens is 388 g/mol. The Kier molecular flexibility index (Phi) is 6.04. The number of hydrogen-bond acceptors (Lipinski definition) is 5. The number of carbonyl (C=O) groups is 1. The maximum atomic E-state index is 12.2. The summed E-state index contributed by atoms with van der Waals surface area (Å²) in [6.07, 6.45) is 0.570. The van der Waals surface area contributed by atoms with Gasteiger partial charge in [0.05, 0.1) is 23.1 Å². The van der Waals surface area contributed by atoms with Gasteiger partial charge >= 0.3 is 0 Å². The summed E-state index contributed by atoms with van der Waals surface area (Å²) in [6.45, 7) is 0.137. The van der Waals surface area contributed by atoms with Crippen LogP contribution in [0.25, 0.3) is 0 Å². The van der Waals surface area contributed by atoms with Crippen molar-refractivity contribution in [3.8, 4) is 11.5 Å². The Morgan fingerprint density at radius 1 is 1.22 bits per heavy atom. The Morgan fingerprint density at radius 3 is 2.56 bits per heavy atom. The summed E-state index contributed by atoms with van der Waals surface area (Å²) < 4.78 is 28.8. The first-order chi connectivity index (χ1) is 12.8. The minimum Gasteiger partial charge on any atom is -0.456 e. The number of likely N-dealkylation sites (N-methyl/N-ethyl adjacent to an activating group) is 1. The molecular formula is C19H21ClN2O4S. The average molecular weight is 409 g/mol. The van der Waals surface area contributed by atoms with E-state index in [2.05, 4.69) is 5.32 Å². The van der Waals surface area contributed by atoms with Crippen molar-refractivity contribution in [2.24, 2.45) is 0 Å². The molecule has 0 aliphatic carbocycles. The van der Waals surface area contributed by atoms with Gasteiger partial charge in [0.25, 0.3) is 0 Å². The first kappa shape index (κ1) is 19.7. The summed E-state index contributed by atoms with van der Waals surface area (Å²) in [5, 5.41) is 3.33. The molecule has 6 nitrogen and oxygen atoms in total. The van der Waals surface area contributed by atoms with Crippen molar-refractivity contribution in [3.05, 3.63) is 53.6 Å². The molecule has 1 unspecified atom stereocenters. The van der Waals surface area contributed by atoms with Gasteiger partial charge in [0.1, 0.15) is 11.5 Å². The van der Waals surface area contributed by atoms with Crippen LogP contribution < -0.4 is 10.1 Å². The molecule has 144 valence electrons. The summed E-state index contributed by atoms with van der Waals surface area (Å²) in [6, 6.07) is 14.0. The lowest BCUT2D eigenvalue weighted by atomic mass is 10.2. The second kappa shape index (κ2) is 8.29. The Balaban J connectivity index is 1.53. The van der Waals surface area contributed by atoms with Gasteiger partial charge < -0.3 is 10.1 Å². The van der Waals surface area contributed by atoms with Crippen molar-refractivity contribution < 1.29 is 17.9 Å². The third-order valence-corrected chi connectivity index (χ3v) is 6.49. The fraction of sp³-hybridized carbons (Fsp3) is 0.316. The molecule has 1 aliphatic rings. The van der Waals surface area contributed by atoms with Gasteiger partial charge in [-0.1, -0.05) is 23.7 Å². The van der Waals surface area contributed by atoms with E-state index in [1.54, 1.807) is 48.3 Å². The van der Waals surface area contributed by atoms with Crippen molar-refractivity contribution in [1.29, 1.82) is 0 Å². The summed E-state index contributed by atoms with van der Waals surface area (Å²) in [5.41, 5.74) is 0.638. The average Bonchev–Trinajstić information content (AvgIpc) is 2.99. The molecule has 1 aliphatic heterocycles. The van der Waals surface area contributed by atoms with E-state index >= 15 is 0 Å². The van der Waals surface area contributed by atoms with Crippen LogP contribution in [0, 0.1) is 0 Å². The van der Waals surface area contributed by atoms with Crippen LogP contribution in [-0.4, -0.2) is 50.4 Å². The monoisotopic (exact) mass is 408 g/mol. The molecule has 27 heavy (non-hydrogen) atoms. The lowest BCUT2D eigenvalue weighted by Crippen LogP contribution is -2.38. The molecule has 1 heterocycles. The highest BCUT2D eigenvalue weighted by Gasteiger charge is 2.31. The predicted octanol–water partition coefficient (Wildman–Crippen LogP) is 3.19. The number of nitrogens with one attached hydrogen (secondary N) is 1. The van der Waals surface area contributed by atoms with Crippen LogP contribution in [0.5, 0.6) is 11.5 Å². The largest absolute Gasteiger partial charge is 0.456 e. The van der Waals surface area contributed by atoms with Gasteiger partial charge in [-0.15, -0.1) is 0 Å². The number of nitrogens with zero attached hydrogens (tertiary/aromatic N) is 1. The van der Waals surface area contributed by atoms with Crippen LogP contribution >= 0.6 is 11.6 Å². The number of carbonyl (C=O) groups excluding carboxylic acids is 1. The zero-order valence-electron chi connectivity index (χ0n) is 14.9. The van der Waals surface area contributed by atoms with E-state index in [0.717, 1.165) is 0 Å². The molecule has 2 aromatic rings. The molecule has 8 heteroatoms. The highest BCUT2D eigenvalue weighted by atomic mass is 35.5. The van der Waals surface area contributed by atoms with E-state index < -0.39 is 9.84 Å². The number of anilines is 1. The SMILES string of the molecule is CN(CC(=O)Nc1ccc(Oc2ccccc2Cl)cc1)C1CCS(=O)(=O)C1. The molecule has 3 rings (SSSR count). The second-order valence-corrected chi connectivity index (χ2v) is 9.21. The molecule has 1 atom stereocenters. The molecule has 0 aromatic heterocycles. The molecule has 1 N–H and O–H groups in total. The van der Waals surface area contributed by atoms with E-state index in [9.17, 15) is 13.2 Å². The van der Waals surface area contributed by atoms with Crippen LogP contribution in [0.15, 0.2) is 48.5 Å². The number of amides is 1. The predicted molar refractivity (Wildman–Crippen MR) is 106 cm³/mol. The number of para-hydroxylation sites is 1. The standard InChI is InChI=1S/C19H21ClN2O4S/c1-22(15-10-11-27(24,25)13-15)12-19(23)21-14-6-8-16(9-7-14)26-18-5-3-2-4-17(18)20/h2-9,15H,10-13H2,1H3,(H,21,23). The van der Waals surface area contributed by atoms with Crippen molar-refractivity contribution in [2.75, 3.05) is 30.4 Å².